The molecule has 51 heavy (non-hydrogen) atoms. The van der Waals surface area contributed by atoms with Crippen LogP contribution in [-0.4, -0.2) is 41.6 Å². The zero-order chi connectivity index (χ0) is 36.7. The molecule has 0 radical (unpaired) electrons. The average molecular weight is 712 g/mol. The van der Waals surface area contributed by atoms with Crippen molar-refractivity contribution in [1.82, 2.24) is 4.98 Å². The summed E-state index contributed by atoms with van der Waals surface area (Å²) in [4.78, 5) is 16.0. The Hall–Kier alpha value is -3.39. The fraction of sp³-hybridized carbons (Fsp3) is 0.581. The van der Waals surface area contributed by atoms with Gasteiger partial charge in [-0.3, -0.25) is 9.78 Å². The summed E-state index contributed by atoms with van der Waals surface area (Å²) >= 11 is 0. The number of ether oxygens (including phenoxy) is 2. The summed E-state index contributed by atoms with van der Waals surface area (Å²) in [6.07, 6.45) is 15.1. The molecule has 0 fully saturated rings. The summed E-state index contributed by atoms with van der Waals surface area (Å²) in [7, 11) is 0. The summed E-state index contributed by atoms with van der Waals surface area (Å²) in [6, 6.07) is 19.9. The molecule has 0 amide bonds. The van der Waals surface area contributed by atoms with E-state index in [1.807, 2.05) is 60.7 Å². The van der Waals surface area contributed by atoms with E-state index < -0.39 is 18.2 Å². The van der Waals surface area contributed by atoms with Crippen molar-refractivity contribution >= 4 is 5.97 Å². The first-order valence-electron chi connectivity index (χ1n) is 19.4. The number of alkyl halides is 3. The van der Waals surface area contributed by atoms with Gasteiger partial charge in [0.1, 0.15) is 5.75 Å². The molecule has 0 spiro atoms. The van der Waals surface area contributed by atoms with E-state index in [4.69, 9.17) is 14.5 Å². The second kappa shape index (κ2) is 24.0. The molecule has 3 aromatic rings. The zero-order valence-corrected chi connectivity index (χ0v) is 30.9. The maximum Gasteiger partial charge on any atom is 0.414 e. The van der Waals surface area contributed by atoms with Crippen LogP contribution in [-0.2, 0) is 9.53 Å². The number of nitrogens with zero attached hydrogens (tertiary/aromatic N) is 1. The predicted octanol–water partition coefficient (Wildman–Crippen LogP) is 13.0. The fourth-order valence-corrected chi connectivity index (χ4v) is 6.47. The summed E-state index contributed by atoms with van der Waals surface area (Å²) in [6.45, 7) is 3.83. The minimum atomic E-state index is -4.43. The van der Waals surface area contributed by atoms with Crippen molar-refractivity contribution in [2.45, 2.75) is 148 Å². The van der Waals surface area contributed by atoms with Crippen molar-refractivity contribution in [1.29, 1.82) is 0 Å². The highest BCUT2D eigenvalue weighted by molar-refractivity contribution is 5.82. The van der Waals surface area contributed by atoms with E-state index in [1.54, 1.807) is 6.20 Å². The highest BCUT2D eigenvalue weighted by atomic mass is 19.4. The molecular formula is C43H60F3NO4. The molecule has 8 heteroatoms. The van der Waals surface area contributed by atoms with Gasteiger partial charge in [-0.2, -0.15) is 13.2 Å². The lowest BCUT2D eigenvalue weighted by molar-refractivity contribution is -0.214. The maximum atomic E-state index is 13.1. The number of benzene rings is 2. The molecule has 0 aliphatic carbocycles. The maximum absolute atomic E-state index is 13.1. The van der Waals surface area contributed by atoms with Crippen molar-refractivity contribution < 1.29 is 32.5 Å². The molecule has 2 aromatic carbocycles. The molecule has 0 aliphatic rings. The highest BCUT2D eigenvalue weighted by Crippen LogP contribution is 2.37. The Balaban J connectivity index is 1.56. The summed E-state index contributed by atoms with van der Waals surface area (Å²) in [5.74, 6) is -0.360. The smallest absolute Gasteiger partial charge is 0.414 e. The summed E-state index contributed by atoms with van der Waals surface area (Å²) < 4.78 is 50.4. The predicted molar refractivity (Wildman–Crippen MR) is 201 cm³/mol. The van der Waals surface area contributed by atoms with Gasteiger partial charge in [-0.15, -0.1) is 0 Å². The van der Waals surface area contributed by atoms with Crippen LogP contribution >= 0.6 is 0 Å². The third-order valence-corrected chi connectivity index (χ3v) is 9.62. The molecule has 0 bridgehead atoms. The molecular weight excluding hydrogens is 651 g/mol. The quantitative estimate of drug-likeness (QED) is 0.0797. The van der Waals surface area contributed by atoms with Crippen molar-refractivity contribution in [2.75, 3.05) is 13.2 Å². The van der Waals surface area contributed by atoms with E-state index in [0.29, 0.717) is 31.6 Å². The Bertz CT molecular complexity index is 1360. The van der Waals surface area contributed by atoms with E-state index in [-0.39, 0.29) is 18.9 Å². The number of hydrogen-bond acceptors (Lipinski definition) is 4. The van der Waals surface area contributed by atoms with Gasteiger partial charge in [0.05, 0.1) is 18.5 Å². The summed E-state index contributed by atoms with van der Waals surface area (Å²) in [5.41, 5.74) is 4.56. The van der Waals surface area contributed by atoms with Crippen LogP contribution in [0, 0.1) is 0 Å². The van der Waals surface area contributed by atoms with Gasteiger partial charge in [-0.1, -0.05) is 133 Å². The molecule has 282 valence electrons. The number of carboxylic acids is 1. The zero-order valence-electron chi connectivity index (χ0n) is 30.9. The Morgan fingerprint density at radius 2 is 1.37 bits per heavy atom. The van der Waals surface area contributed by atoms with Crippen molar-refractivity contribution in [3.05, 3.63) is 72.4 Å². The van der Waals surface area contributed by atoms with Crippen LogP contribution in [0.4, 0.5) is 13.2 Å². The Labute approximate surface area is 304 Å². The second-order valence-electron chi connectivity index (χ2n) is 13.8. The van der Waals surface area contributed by atoms with Crippen LogP contribution in [0.5, 0.6) is 5.75 Å². The number of aromatic nitrogens is 1. The van der Waals surface area contributed by atoms with Crippen molar-refractivity contribution in [2.24, 2.45) is 0 Å². The fourth-order valence-electron chi connectivity index (χ4n) is 6.47. The van der Waals surface area contributed by atoms with Crippen LogP contribution in [0.3, 0.4) is 0 Å². The topological polar surface area (TPSA) is 68.7 Å². The molecule has 0 aliphatic heterocycles. The molecule has 0 saturated carbocycles. The minimum Gasteiger partial charge on any atom is -0.492 e. The van der Waals surface area contributed by atoms with Gasteiger partial charge < -0.3 is 14.6 Å². The SMILES string of the molecule is CCCCCCCCCCCCCCCCOc1ccc(-c2cc(C(CCCC(=O)O)CCOC(C)C(F)(F)F)ccc2-c2ccccc2)nc1. The van der Waals surface area contributed by atoms with Gasteiger partial charge in [0, 0.05) is 18.6 Å². The van der Waals surface area contributed by atoms with E-state index in [0.717, 1.165) is 47.7 Å². The van der Waals surface area contributed by atoms with Gasteiger partial charge in [0.2, 0.25) is 0 Å². The van der Waals surface area contributed by atoms with Crippen LogP contribution < -0.4 is 4.74 Å². The Morgan fingerprint density at radius 1 is 0.745 bits per heavy atom. The molecule has 2 unspecified atom stereocenters. The van der Waals surface area contributed by atoms with Gasteiger partial charge in [0.15, 0.2) is 6.10 Å². The largest absolute Gasteiger partial charge is 0.492 e. The summed E-state index contributed by atoms with van der Waals surface area (Å²) in [5, 5.41) is 9.21. The lowest BCUT2D eigenvalue weighted by atomic mass is 9.86. The number of rotatable bonds is 27. The number of unbranched alkanes of at least 4 members (excludes halogenated alkanes) is 13. The average Bonchev–Trinajstić information content (AvgIpc) is 3.12. The van der Waals surface area contributed by atoms with Crippen molar-refractivity contribution in [3.63, 3.8) is 0 Å². The highest BCUT2D eigenvalue weighted by Gasteiger charge is 2.36. The number of carboxylic acid groups (broad SMARTS) is 1. The van der Waals surface area contributed by atoms with Gasteiger partial charge in [-0.25, -0.2) is 0 Å². The number of carbonyl (C=O) groups is 1. The molecule has 0 saturated heterocycles. The van der Waals surface area contributed by atoms with Crippen molar-refractivity contribution in [3.8, 4) is 28.1 Å². The van der Waals surface area contributed by atoms with Gasteiger partial charge >= 0.3 is 12.1 Å². The lowest BCUT2D eigenvalue weighted by Gasteiger charge is -2.22. The van der Waals surface area contributed by atoms with Crippen LogP contribution in [0.25, 0.3) is 22.4 Å². The van der Waals surface area contributed by atoms with Crippen LogP contribution in [0.2, 0.25) is 0 Å². The Kier molecular flexibility index (Phi) is 19.7. The molecule has 2 atom stereocenters. The van der Waals surface area contributed by atoms with E-state index in [9.17, 15) is 23.1 Å². The lowest BCUT2D eigenvalue weighted by Crippen LogP contribution is -2.29. The third kappa shape index (κ3) is 16.7. The first-order chi connectivity index (χ1) is 24.7. The van der Waals surface area contributed by atoms with E-state index in [1.165, 1.54) is 77.0 Å². The molecule has 1 N–H and O–H groups in total. The number of aliphatic carboxylic acids is 1. The normalized spacial score (nSPS) is 12.9. The molecule has 5 nitrogen and oxygen atoms in total. The first-order valence-corrected chi connectivity index (χ1v) is 19.4. The van der Waals surface area contributed by atoms with Gasteiger partial charge in [-0.05, 0) is 73.4 Å². The molecule has 3 rings (SSSR count). The standard InChI is InChI=1S/C43H60F3NO4/c1-3-4-5-6-7-8-9-10-11-12-13-14-15-19-30-51-38-26-28-41(47-33-38)40-32-37(25-27-39(40)36-21-17-16-18-22-36)35(23-20-24-42(48)49)29-31-50-34(2)43(44,45)46/h16-18,21-22,25-28,32-35H,3-15,19-20,23-24,29-31H2,1-2H3,(H,48,49). The second-order valence-corrected chi connectivity index (χ2v) is 13.8. The number of hydrogen-bond donors (Lipinski definition) is 1. The number of pyridine rings is 1. The minimum absolute atomic E-state index is 0.00631. The monoisotopic (exact) mass is 711 g/mol. The molecule has 1 aromatic heterocycles. The van der Waals surface area contributed by atoms with Gasteiger partial charge in [0.25, 0.3) is 0 Å². The van der Waals surface area contributed by atoms with E-state index in [2.05, 4.69) is 6.92 Å². The van der Waals surface area contributed by atoms with Crippen LogP contribution in [0.15, 0.2) is 66.9 Å². The van der Waals surface area contributed by atoms with E-state index >= 15 is 0 Å². The molecule has 1 heterocycles. The Morgan fingerprint density at radius 3 is 1.94 bits per heavy atom. The third-order valence-electron chi connectivity index (χ3n) is 9.62. The first kappa shape index (κ1) is 42.0. The van der Waals surface area contributed by atoms with Crippen LogP contribution in [0.1, 0.15) is 141 Å². The number of halogens is 3.